The molecule has 7 atom stereocenters. The predicted octanol–water partition coefficient (Wildman–Crippen LogP) is 1.55. The van der Waals surface area contributed by atoms with Crippen molar-refractivity contribution in [3.63, 3.8) is 0 Å². The van der Waals surface area contributed by atoms with Crippen molar-refractivity contribution in [3.8, 4) is 0 Å². The fourth-order valence-corrected chi connectivity index (χ4v) is 7.07. The van der Waals surface area contributed by atoms with Gasteiger partial charge in [-0.05, 0) is 75.7 Å². The van der Waals surface area contributed by atoms with Gasteiger partial charge in [-0.3, -0.25) is 9.59 Å². The molecule has 0 spiro atoms. The number of hydrogen-bond acceptors (Lipinski definition) is 7. The van der Waals surface area contributed by atoms with E-state index in [9.17, 15) is 9.59 Å². The highest BCUT2D eigenvalue weighted by atomic mass is 16.5. The van der Waals surface area contributed by atoms with E-state index in [1.807, 2.05) is 11.9 Å². The second-order valence-corrected chi connectivity index (χ2v) is 12.0. The Morgan fingerprint density at radius 1 is 1.06 bits per heavy atom. The minimum atomic E-state index is -0.115. The van der Waals surface area contributed by atoms with Gasteiger partial charge in [0.25, 0.3) is 0 Å². The molecule has 2 aliphatic heterocycles. The lowest BCUT2D eigenvalue weighted by Crippen LogP contribution is -2.44. The zero-order valence-electron chi connectivity index (χ0n) is 22.5. The first kappa shape index (κ1) is 27.3. The van der Waals surface area contributed by atoms with Crippen molar-refractivity contribution in [1.29, 1.82) is 0 Å². The third kappa shape index (κ3) is 6.22. The van der Waals surface area contributed by atoms with E-state index in [4.69, 9.17) is 16.3 Å². The first-order chi connectivity index (χ1) is 17.3. The summed E-state index contributed by atoms with van der Waals surface area (Å²) in [5.74, 6) is 7.74. The highest BCUT2D eigenvalue weighted by molar-refractivity contribution is 5.94. The molecule has 204 valence electrons. The van der Waals surface area contributed by atoms with E-state index in [1.165, 1.54) is 0 Å². The van der Waals surface area contributed by atoms with E-state index in [2.05, 4.69) is 29.2 Å². The van der Waals surface area contributed by atoms with Crippen LogP contribution >= 0.6 is 0 Å². The first-order valence-corrected chi connectivity index (χ1v) is 14.2. The van der Waals surface area contributed by atoms with Crippen LogP contribution < -0.4 is 16.9 Å². The molecule has 36 heavy (non-hydrogen) atoms. The van der Waals surface area contributed by atoms with Crippen LogP contribution in [-0.4, -0.2) is 85.3 Å². The molecule has 2 saturated carbocycles. The number of nitrogens with two attached hydrogens (primary N) is 2. The van der Waals surface area contributed by atoms with Crippen molar-refractivity contribution < 1.29 is 14.3 Å². The lowest BCUT2D eigenvalue weighted by atomic mass is 9.77. The Morgan fingerprint density at radius 3 is 2.36 bits per heavy atom. The molecular weight excluding hydrogens is 456 g/mol. The Hall–Kier alpha value is -1.71. The molecule has 2 aliphatic carbocycles. The van der Waals surface area contributed by atoms with Crippen LogP contribution in [0.25, 0.3) is 0 Å². The van der Waals surface area contributed by atoms with Crippen molar-refractivity contribution in [2.75, 3.05) is 39.8 Å². The third-order valence-electron chi connectivity index (χ3n) is 9.52. The standard InChI is InChI=1S/C27H48N6O3/c1-17(2)22-13-21(30-3)5-7-25(22)36-16-26(34)32-10-8-19-14-33(15-20(19)9-11-32)27(35)18-4-6-23(28)24(12-18)31-29/h17-23,25,30H,4-16,28-29H2,1-3H3/b31-24+. The highest BCUT2D eigenvalue weighted by Crippen LogP contribution is 2.35. The highest BCUT2D eigenvalue weighted by Gasteiger charge is 2.41. The Kier molecular flexibility index (Phi) is 9.28. The quantitative estimate of drug-likeness (QED) is 0.372. The number of likely N-dealkylation sites (tertiary alicyclic amines) is 2. The van der Waals surface area contributed by atoms with Gasteiger partial charge in [0.15, 0.2) is 0 Å². The second kappa shape index (κ2) is 12.2. The fraction of sp³-hybridized carbons (Fsp3) is 0.889. The summed E-state index contributed by atoms with van der Waals surface area (Å²) in [7, 11) is 2.04. The zero-order chi connectivity index (χ0) is 25.8. The summed E-state index contributed by atoms with van der Waals surface area (Å²) in [5, 5.41) is 7.25. The molecule has 4 aliphatic rings. The molecule has 0 aromatic rings. The predicted molar refractivity (Wildman–Crippen MR) is 141 cm³/mol. The number of rotatable bonds is 6. The van der Waals surface area contributed by atoms with Crippen LogP contribution in [0.4, 0.5) is 0 Å². The van der Waals surface area contributed by atoms with Crippen LogP contribution in [0.1, 0.15) is 65.2 Å². The number of carbonyl (C=O) groups excluding carboxylic acids is 2. The van der Waals surface area contributed by atoms with E-state index in [-0.39, 0.29) is 36.5 Å². The Bertz CT molecular complexity index is 788. The van der Waals surface area contributed by atoms with E-state index in [0.717, 1.165) is 76.8 Å². The molecule has 0 radical (unpaired) electrons. The van der Waals surface area contributed by atoms with E-state index >= 15 is 0 Å². The van der Waals surface area contributed by atoms with Crippen LogP contribution in [0.3, 0.4) is 0 Å². The number of hydrogen-bond donors (Lipinski definition) is 3. The average Bonchev–Trinajstić information content (AvgIpc) is 3.19. The summed E-state index contributed by atoms with van der Waals surface area (Å²) < 4.78 is 6.24. The second-order valence-electron chi connectivity index (χ2n) is 12.0. The molecule has 2 saturated heterocycles. The van der Waals surface area contributed by atoms with Crippen LogP contribution in [0.2, 0.25) is 0 Å². The number of ether oxygens (including phenoxy) is 1. The number of fused-ring (bicyclic) bond motifs is 1. The maximum absolute atomic E-state index is 13.2. The van der Waals surface area contributed by atoms with Gasteiger partial charge in [0.05, 0.1) is 11.8 Å². The smallest absolute Gasteiger partial charge is 0.248 e. The van der Waals surface area contributed by atoms with Gasteiger partial charge in [0, 0.05) is 50.6 Å². The van der Waals surface area contributed by atoms with Gasteiger partial charge < -0.3 is 31.4 Å². The zero-order valence-corrected chi connectivity index (χ0v) is 22.5. The number of hydrazone groups is 1. The van der Waals surface area contributed by atoms with Crippen molar-refractivity contribution >= 4 is 17.5 Å². The molecule has 2 heterocycles. The molecule has 7 unspecified atom stereocenters. The summed E-state index contributed by atoms with van der Waals surface area (Å²) >= 11 is 0. The normalized spacial score (nSPS) is 36.7. The monoisotopic (exact) mass is 504 g/mol. The molecule has 5 N–H and O–H groups in total. The van der Waals surface area contributed by atoms with Gasteiger partial charge >= 0.3 is 0 Å². The summed E-state index contributed by atoms with van der Waals surface area (Å²) in [6.45, 7) is 7.82. The molecule has 0 bridgehead atoms. The van der Waals surface area contributed by atoms with Crippen LogP contribution in [0.15, 0.2) is 5.10 Å². The summed E-state index contributed by atoms with van der Waals surface area (Å²) in [5.41, 5.74) is 6.83. The van der Waals surface area contributed by atoms with Crippen LogP contribution in [0, 0.1) is 29.6 Å². The van der Waals surface area contributed by atoms with E-state index in [0.29, 0.717) is 36.1 Å². The van der Waals surface area contributed by atoms with Crippen molar-refractivity contribution in [2.45, 2.75) is 83.4 Å². The van der Waals surface area contributed by atoms with Gasteiger partial charge in [-0.2, -0.15) is 5.10 Å². The molecule has 4 rings (SSSR count). The fourth-order valence-electron chi connectivity index (χ4n) is 7.07. The van der Waals surface area contributed by atoms with Gasteiger partial charge in [0.2, 0.25) is 11.8 Å². The Morgan fingerprint density at radius 2 is 1.75 bits per heavy atom. The third-order valence-corrected chi connectivity index (χ3v) is 9.52. The summed E-state index contributed by atoms with van der Waals surface area (Å²) in [6.07, 6.45) is 7.46. The van der Waals surface area contributed by atoms with E-state index < -0.39 is 0 Å². The molecule has 0 aromatic carbocycles. The van der Waals surface area contributed by atoms with Crippen molar-refractivity contribution in [3.05, 3.63) is 0 Å². The number of carbonyl (C=O) groups is 2. The maximum atomic E-state index is 13.2. The Labute approximate surface area is 216 Å². The first-order valence-electron chi connectivity index (χ1n) is 14.2. The molecule has 9 heteroatoms. The molecule has 2 amide bonds. The summed E-state index contributed by atoms with van der Waals surface area (Å²) in [4.78, 5) is 30.3. The molecule has 4 fully saturated rings. The lowest BCUT2D eigenvalue weighted by Gasteiger charge is -2.38. The van der Waals surface area contributed by atoms with E-state index in [1.54, 1.807) is 0 Å². The van der Waals surface area contributed by atoms with Crippen LogP contribution in [0.5, 0.6) is 0 Å². The van der Waals surface area contributed by atoms with Gasteiger partial charge in [0.1, 0.15) is 6.61 Å². The lowest BCUT2D eigenvalue weighted by molar-refractivity contribution is -0.141. The number of nitrogens with zero attached hydrogens (tertiary/aromatic N) is 3. The van der Waals surface area contributed by atoms with Crippen LogP contribution in [-0.2, 0) is 14.3 Å². The summed E-state index contributed by atoms with van der Waals surface area (Å²) in [6, 6.07) is 0.437. The largest absolute Gasteiger partial charge is 0.368 e. The average molecular weight is 505 g/mol. The number of nitrogens with one attached hydrogen (secondary N) is 1. The molecule has 0 aromatic heterocycles. The van der Waals surface area contributed by atoms with Gasteiger partial charge in [-0.1, -0.05) is 13.8 Å². The minimum absolute atomic E-state index is 0.0532. The van der Waals surface area contributed by atoms with Crippen molar-refractivity contribution in [2.24, 2.45) is 46.3 Å². The maximum Gasteiger partial charge on any atom is 0.248 e. The molecular formula is C27H48N6O3. The van der Waals surface area contributed by atoms with Gasteiger partial charge in [-0.25, -0.2) is 0 Å². The topological polar surface area (TPSA) is 126 Å². The Balaban J connectivity index is 1.24. The van der Waals surface area contributed by atoms with Gasteiger partial charge in [-0.15, -0.1) is 0 Å². The molecule has 9 nitrogen and oxygen atoms in total. The SMILES string of the molecule is CNC1CCC(OCC(=O)N2CCC3CN(C(=O)C4CCC(N)/C(=N/N)C4)CC3CC2)C(C(C)C)C1. The minimum Gasteiger partial charge on any atom is -0.368 e. The number of amides is 2. The van der Waals surface area contributed by atoms with Crippen molar-refractivity contribution in [1.82, 2.24) is 15.1 Å².